The van der Waals surface area contributed by atoms with E-state index in [1.54, 1.807) is 13.8 Å². The van der Waals surface area contributed by atoms with E-state index in [1.807, 2.05) is 0 Å². The Hall–Kier alpha value is -1.97. The van der Waals surface area contributed by atoms with Crippen LogP contribution in [0.5, 0.6) is 0 Å². The van der Waals surface area contributed by atoms with Crippen molar-refractivity contribution in [3.63, 3.8) is 0 Å². The zero-order chi connectivity index (χ0) is 22.0. The van der Waals surface area contributed by atoms with Crippen LogP contribution in [0.1, 0.15) is 19.4 Å². The van der Waals surface area contributed by atoms with Gasteiger partial charge in [0.1, 0.15) is 6.54 Å². The Kier molecular flexibility index (Phi) is 7.08. The molecule has 0 spiro atoms. The van der Waals surface area contributed by atoms with Gasteiger partial charge in [-0.15, -0.1) is 0 Å². The Morgan fingerprint density at radius 2 is 1.69 bits per heavy atom. The van der Waals surface area contributed by atoms with Gasteiger partial charge < -0.3 is 4.74 Å². The summed E-state index contributed by atoms with van der Waals surface area (Å²) in [5.41, 5.74) is -1.62. The lowest BCUT2D eigenvalue weighted by Crippen LogP contribution is -2.37. The second-order valence-corrected chi connectivity index (χ2v) is 8.87. The summed E-state index contributed by atoms with van der Waals surface area (Å²) < 4.78 is 71.1. The highest BCUT2D eigenvalue weighted by atomic mass is 35.5. The summed E-state index contributed by atoms with van der Waals surface area (Å²) in [5.74, 6) is -0.953. The molecule has 5 nitrogen and oxygen atoms in total. The SMILES string of the molecule is CC(C)OC(=O)CN(c1cc(C(F)(F)F)ccc1Cl)S(=O)(=O)c1ccc(Cl)cc1. The molecule has 0 aromatic heterocycles. The van der Waals surface area contributed by atoms with Crippen LogP contribution in [0.25, 0.3) is 0 Å². The third kappa shape index (κ3) is 5.77. The van der Waals surface area contributed by atoms with Crippen LogP contribution in [-0.2, 0) is 25.7 Å². The average Bonchev–Trinajstić information content (AvgIpc) is 2.59. The van der Waals surface area contributed by atoms with E-state index in [0.717, 1.165) is 6.07 Å². The van der Waals surface area contributed by atoms with E-state index >= 15 is 0 Å². The Balaban J connectivity index is 2.62. The molecule has 0 atom stereocenters. The van der Waals surface area contributed by atoms with E-state index < -0.39 is 46.1 Å². The van der Waals surface area contributed by atoms with E-state index in [4.69, 9.17) is 27.9 Å². The molecule has 2 rings (SSSR count). The van der Waals surface area contributed by atoms with E-state index in [-0.39, 0.29) is 14.9 Å². The lowest BCUT2D eigenvalue weighted by molar-refractivity contribution is -0.145. The maximum absolute atomic E-state index is 13.1. The molecule has 0 bridgehead atoms. The molecule has 2 aromatic carbocycles. The molecule has 29 heavy (non-hydrogen) atoms. The summed E-state index contributed by atoms with van der Waals surface area (Å²) in [6.07, 6.45) is -5.30. The molecule has 11 heteroatoms. The molecule has 0 unspecified atom stereocenters. The number of hydrogen-bond acceptors (Lipinski definition) is 4. The molecule has 2 aromatic rings. The molecule has 0 heterocycles. The number of esters is 1. The topological polar surface area (TPSA) is 63.7 Å². The molecule has 0 fully saturated rings. The fourth-order valence-electron chi connectivity index (χ4n) is 2.33. The first-order valence-electron chi connectivity index (χ1n) is 8.17. The zero-order valence-electron chi connectivity index (χ0n) is 15.2. The molecular formula is C18H16Cl2F3NO4S. The summed E-state index contributed by atoms with van der Waals surface area (Å²) in [6, 6.07) is 7.13. The molecule has 158 valence electrons. The van der Waals surface area contributed by atoms with Crippen molar-refractivity contribution in [3.8, 4) is 0 Å². The highest BCUT2D eigenvalue weighted by molar-refractivity contribution is 7.92. The van der Waals surface area contributed by atoms with Crippen LogP contribution in [0, 0.1) is 0 Å². The molecule has 0 amide bonds. The van der Waals surface area contributed by atoms with Gasteiger partial charge in [-0.05, 0) is 56.3 Å². The number of carbonyl (C=O) groups is 1. The fraction of sp³-hybridized carbons (Fsp3) is 0.278. The van der Waals surface area contributed by atoms with E-state index in [2.05, 4.69) is 0 Å². The van der Waals surface area contributed by atoms with Crippen LogP contribution in [0.3, 0.4) is 0 Å². The van der Waals surface area contributed by atoms with Crippen LogP contribution in [0.2, 0.25) is 10.0 Å². The first-order chi connectivity index (χ1) is 13.3. The van der Waals surface area contributed by atoms with Gasteiger partial charge in [0.05, 0.1) is 27.3 Å². The minimum absolute atomic E-state index is 0.256. The van der Waals surface area contributed by atoms with Crippen molar-refractivity contribution in [2.45, 2.75) is 31.0 Å². The molecule has 0 radical (unpaired) electrons. The lowest BCUT2D eigenvalue weighted by atomic mass is 10.2. The number of rotatable bonds is 6. The van der Waals surface area contributed by atoms with Crippen molar-refractivity contribution < 1.29 is 31.1 Å². The number of carbonyl (C=O) groups excluding carboxylic acids is 1. The van der Waals surface area contributed by atoms with Crippen molar-refractivity contribution in [1.29, 1.82) is 0 Å². The van der Waals surface area contributed by atoms with Crippen LogP contribution >= 0.6 is 23.2 Å². The Bertz CT molecular complexity index is 993. The fourth-order valence-corrected chi connectivity index (χ4v) is 4.15. The van der Waals surface area contributed by atoms with Crippen LogP contribution in [0.15, 0.2) is 47.4 Å². The smallest absolute Gasteiger partial charge is 0.416 e. The summed E-state index contributed by atoms with van der Waals surface area (Å²) in [5, 5.41) is -0.0281. The van der Waals surface area contributed by atoms with Crippen molar-refractivity contribution in [3.05, 3.63) is 58.1 Å². The lowest BCUT2D eigenvalue weighted by Gasteiger charge is -2.26. The van der Waals surface area contributed by atoms with Gasteiger partial charge in [-0.25, -0.2) is 8.42 Å². The largest absolute Gasteiger partial charge is 0.462 e. The highest BCUT2D eigenvalue weighted by Gasteiger charge is 2.34. The maximum Gasteiger partial charge on any atom is 0.416 e. The third-order valence-electron chi connectivity index (χ3n) is 3.58. The van der Waals surface area contributed by atoms with E-state index in [0.29, 0.717) is 16.4 Å². The summed E-state index contributed by atoms with van der Waals surface area (Å²) in [7, 11) is -4.46. The monoisotopic (exact) mass is 469 g/mol. The van der Waals surface area contributed by atoms with Crippen molar-refractivity contribution in [2.75, 3.05) is 10.8 Å². The number of benzene rings is 2. The minimum Gasteiger partial charge on any atom is -0.462 e. The van der Waals surface area contributed by atoms with E-state index in [9.17, 15) is 26.4 Å². The molecule has 0 N–H and O–H groups in total. The van der Waals surface area contributed by atoms with Gasteiger partial charge in [0, 0.05) is 5.02 Å². The van der Waals surface area contributed by atoms with Crippen LogP contribution in [-0.4, -0.2) is 27.0 Å². The standard InChI is InChI=1S/C18H16Cl2F3NO4S/c1-11(2)28-17(25)10-24(29(26,27)14-6-4-13(19)5-7-14)16-9-12(18(21,22)23)3-8-15(16)20/h3-9,11H,10H2,1-2H3. The molecule has 0 aliphatic heterocycles. The number of anilines is 1. The maximum atomic E-state index is 13.1. The van der Waals surface area contributed by atoms with Gasteiger partial charge in [-0.2, -0.15) is 13.2 Å². The van der Waals surface area contributed by atoms with Crippen molar-refractivity contribution >= 4 is 44.9 Å². The van der Waals surface area contributed by atoms with Gasteiger partial charge in [0.15, 0.2) is 0 Å². The average molecular weight is 470 g/mol. The first kappa shape index (κ1) is 23.3. The second kappa shape index (κ2) is 8.81. The number of hydrogen-bond donors (Lipinski definition) is 0. The summed E-state index contributed by atoms with van der Waals surface area (Å²) in [6.45, 7) is 2.23. The van der Waals surface area contributed by atoms with Gasteiger partial charge in [0.25, 0.3) is 10.0 Å². The van der Waals surface area contributed by atoms with Gasteiger partial charge in [-0.1, -0.05) is 23.2 Å². The minimum atomic E-state index is -4.74. The quantitative estimate of drug-likeness (QED) is 0.548. The molecule has 0 saturated carbocycles. The number of nitrogens with zero attached hydrogens (tertiary/aromatic N) is 1. The van der Waals surface area contributed by atoms with Crippen molar-refractivity contribution in [2.24, 2.45) is 0 Å². The zero-order valence-corrected chi connectivity index (χ0v) is 17.5. The highest BCUT2D eigenvalue weighted by Crippen LogP contribution is 2.37. The molecule has 0 aliphatic carbocycles. The molecular weight excluding hydrogens is 454 g/mol. The van der Waals surface area contributed by atoms with Gasteiger partial charge >= 0.3 is 12.1 Å². The van der Waals surface area contributed by atoms with E-state index in [1.165, 1.54) is 24.3 Å². The predicted molar refractivity (Wildman–Crippen MR) is 104 cm³/mol. The predicted octanol–water partition coefficient (Wildman–Crippen LogP) is 5.16. The van der Waals surface area contributed by atoms with Gasteiger partial charge in [-0.3, -0.25) is 9.10 Å². The summed E-state index contributed by atoms with van der Waals surface area (Å²) in [4.78, 5) is 11.9. The molecule has 0 aliphatic rings. The number of alkyl halides is 3. The second-order valence-electron chi connectivity index (χ2n) is 6.17. The number of ether oxygens (including phenoxy) is 1. The Labute approximate surface area is 176 Å². The number of sulfonamides is 1. The van der Waals surface area contributed by atoms with Crippen LogP contribution in [0.4, 0.5) is 18.9 Å². The number of halogens is 5. The summed E-state index contributed by atoms with van der Waals surface area (Å²) >= 11 is 11.8. The van der Waals surface area contributed by atoms with Crippen LogP contribution < -0.4 is 4.31 Å². The van der Waals surface area contributed by atoms with Crippen molar-refractivity contribution in [1.82, 2.24) is 0 Å². The Morgan fingerprint density at radius 1 is 1.10 bits per heavy atom. The molecule has 0 saturated heterocycles. The van der Waals surface area contributed by atoms with Gasteiger partial charge in [0.2, 0.25) is 0 Å². The third-order valence-corrected chi connectivity index (χ3v) is 5.93. The Morgan fingerprint density at radius 3 is 2.21 bits per heavy atom. The normalized spacial score (nSPS) is 12.1. The first-order valence-corrected chi connectivity index (χ1v) is 10.4.